The van der Waals surface area contributed by atoms with Gasteiger partial charge in [0.1, 0.15) is 5.82 Å². The van der Waals surface area contributed by atoms with Gasteiger partial charge in [0.15, 0.2) is 0 Å². The Balaban J connectivity index is 2.23. The molecule has 0 aromatic heterocycles. The predicted octanol–water partition coefficient (Wildman–Crippen LogP) is 2.59. The molecule has 1 amide bonds. The lowest BCUT2D eigenvalue weighted by atomic mass is 10.2. The Hall–Kier alpha value is -1.03. The molecule has 0 saturated heterocycles. The third-order valence-corrected chi connectivity index (χ3v) is 2.85. The first kappa shape index (κ1) is 13.0. The van der Waals surface area contributed by atoms with E-state index in [1.54, 1.807) is 23.9 Å². The van der Waals surface area contributed by atoms with Gasteiger partial charge in [-0.25, -0.2) is 4.39 Å². The summed E-state index contributed by atoms with van der Waals surface area (Å²) in [7, 11) is 0. The number of nitrogens with one attached hydrogen (secondary N) is 1. The Morgan fingerprint density at radius 3 is 2.69 bits per heavy atom. The van der Waals surface area contributed by atoms with Crippen molar-refractivity contribution in [3.63, 3.8) is 0 Å². The van der Waals surface area contributed by atoms with Gasteiger partial charge in [-0.1, -0.05) is 12.1 Å². The second-order valence-electron chi connectivity index (χ2n) is 3.50. The second kappa shape index (κ2) is 7.28. The Morgan fingerprint density at radius 2 is 2.06 bits per heavy atom. The topological polar surface area (TPSA) is 29.1 Å². The molecule has 0 spiro atoms. The molecule has 0 heterocycles. The summed E-state index contributed by atoms with van der Waals surface area (Å²) in [4.78, 5) is 11.4. The maximum absolute atomic E-state index is 12.6. The zero-order valence-corrected chi connectivity index (χ0v) is 10.1. The van der Waals surface area contributed by atoms with Crippen LogP contribution in [0.1, 0.15) is 18.4 Å². The molecule has 0 saturated carbocycles. The highest BCUT2D eigenvalue weighted by Gasteiger charge is 2.00. The number of rotatable bonds is 6. The summed E-state index contributed by atoms with van der Waals surface area (Å²) in [6, 6.07) is 6.15. The van der Waals surface area contributed by atoms with E-state index < -0.39 is 0 Å². The highest BCUT2D eigenvalue weighted by molar-refractivity contribution is 7.98. The van der Waals surface area contributed by atoms with E-state index in [0.29, 0.717) is 13.0 Å². The molecule has 2 nitrogen and oxygen atoms in total. The Bertz CT molecular complexity index is 326. The maximum atomic E-state index is 12.6. The number of carbonyl (C=O) groups excluding carboxylic acids is 1. The first-order valence-corrected chi connectivity index (χ1v) is 6.62. The van der Waals surface area contributed by atoms with Gasteiger partial charge in [-0.2, -0.15) is 11.8 Å². The first-order chi connectivity index (χ1) is 7.72. The van der Waals surface area contributed by atoms with E-state index in [9.17, 15) is 9.18 Å². The van der Waals surface area contributed by atoms with Crippen LogP contribution in [0.15, 0.2) is 24.3 Å². The summed E-state index contributed by atoms with van der Waals surface area (Å²) < 4.78 is 12.6. The van der Waals surface area contributed by atoms with Gasteiger partial charge in [-0.05, 0) is 36.1 Å². The SMILES string of the molecule is CSCCCC(=O)NCc1ccc(F)cc1. The molecule has 0 radical (unpaired) electrons. The monoisotopic (exact) mass is 241 g/mol. The van der Waals surface area contributed by atoms with Crippen molar-refractivity contribution in [1.29, 1.82) is 0 Å². The maximum Gasteiger partial charge on any atom is 0.220 e. The number of thioether (sulfide) groups is 1. The molecular weight excluding hydrogens is 225 g/mol. The number of benzene rings is 1. The predicted molar refractivity (Wildman–Crippen MR) is 65.9 cm³/mol. The van der Waals surface area contributed by atoms with Crippen LogP contribution in [0.2, 0.25) is 0 Å². The summed E-state index contributed by atoms with van der Waals surface area (Å²) >= 11 is 1.74. The quantitative estimate of drug-likeness (QED) is 0.776. The van der Waals surface area contributed by atoms with Crippen LogP contribution in [0.3, 0.4) is 0 Å². The third-order valence-electron chi connectivity index (χ3n) is 2.16. The molecule has 0 aliphatic rings. The Morgan fingerprint density at radius 1 is 1.38 bits per heavy atom. The molecule has 1 aromatic carbocycles. The fourth-order valence-electron chi connectivity index (χ4n) is 1.27. The van der Waals surface area contributed by atoms with Gasteiger partial charge in [0.2, 0.25) is 5.91 Å². The molecule has 0 atom stereocenters. The van der Waals surface area contributed by atoms with E-state index in [1.807, 2.05) is 6.26 Å². The summed E-state index contributed by atoms with van der Waals surface area (Å²) in [5.41, 5.74) is 0.916. The van der Waals surface area contributed by atoms with Crippen LogP contribution >= 0.6 is 11.8 Å². The molecule has 0 aliphatic carbocycles. The van der Waals surface area contributed by atoms with Gasteiger partial charge >= 0.3 is 0 Å². The molecule has 1 rings (SSSR count). The van der Waals surface area contributed by atoms with Crippen LogP contribution in [-0.2, 0) is 11.3 Å². The molecule has 4 heteroatoms. The Labute approximate surface area is 99.6 Å². The second-order valence-corrected chi connectivity index (χ2v) is 4.49. The van der Waals surface area contributed by atoms with E-state index in [0.717, 1.165) is 17.7 Å². The highest BCUT2D eigenvalue weighted by Crippen LogP contribution is 2.03. The van der Waals surface area contributed by atoms with Crippen LogP contribution in [0.4, 0.5) is 4.39 Å². The van der Waals surface area contributed by atoms with Crippen molar-refractivity contribution in [1.82, 2.24) is 5.32 Å². The minimum atomic E-state index is -0.255. The van der Waals surface area contributed by atoms with Crippen LogP contribution in [0.5, 0.6) is 0 Å². The van der Waals surface area contributed by atoms with Gasteiger partial charge in [-0.3, -0.25) is 4.79 Å². The molecule has 1 aromatic rings. The third kappa shape index (κ3) is 5.16. The number of hydrogen-bond donors (Lipinski definition) is 1. The van der Waals surface area contributed by atoms with Crippen LogP contribution in [0, 0.1) is 5.82 Å². The van der Waals surface area contributed by atoms with E-state index in [2.05, 4.69) is 5.32 Å². The van der Waals surface area contributed by atoms with E-state index in [-0.39, 0.29) is 11.7 Å². The molecule has 0 fully saturated rings. The van der Waals surface area contributed by atoms with Crippen molar-refractivity contribution in [2.24, 2.45) is 0 Å². The molecule has 16 heavy (non-hydrogen) atoms. The van der Waals surface area contributed by atoms with Crippen molar-refractivity contribution in [2.45, 2.75) is 19.4 Å². The lowest BCUT2D eigenvalue weighted by Crippen LogP contribution is -2.22. The number of hydrogen-bond acceptors (Lipinski definition) is 2. The smallest absolute Gasteiger partial charge is 0.220 e. The summed E-state index contributed by atoms with van der Waals surface area (Å²) in [5, 5.41) is 2.81. The lowest BCUT2D eigenvalue weighted by molar-refractivity contribution is -0.121. The standard InChI is InChI=1S/C12H16FNOS/c1-16-8-2-3-12(15)14-9-10-4-6-11(13)7-5-10/h4-7H,2-3,8-9H2,1H3,(H,14,15). The lowest BCUT2D eigenvalue weighted by Gasteiger charge is -2.04. The van der Waals surface area contributed by atoms with Gasteiger partial charge < -0.3 is 5.32 Å². The summed E-state index contributed by atoms with van der Waals surface area (Å²) in [6.07, 6.45) is 3.48. The zero-order chi connectivity index (χ0) is 11.8. The van der Waals surface area contributed by atoms with E-state index >= 15 is 0 Å². The van der Waals surface area contributed by atoms with Gasteiger partial charge in [0, 0.05) is 13.0 Å². The molecule has 88 valence electrons. The van der Waals surface area contributed by atoms with Crippen molar-refractivity contribution in [3.8, 4) is 0 Å². The Kier molecular flexibility index (Phi) is 5.93. The van der Waals surface area contributed by atoms with Gasteiger partial charge in [0.25, 0.3) is 0 Å². The average Bonchev–Trinajstić information content (AvgIpc) is 2.29. The van der Waals surface area contributed by atoms with Crippen molar-refractivity contribution in [3.05, 3.63) is 35.6 Å². The van der Waals surface area contributed by atoms with Crippen LogP contribution in [-0.4, -0.2) is 17.9 Å². The highest BCUT2D eigenvalue weighted by atomic mass is 32.2. The van der Waals surface area contributed by atoms with E-state index in [1.165, 1.54) is 12.1 Å². The van der Waals surface area contributed by atoms with Gasteiger partial charge in [0.05, 0.1) is 0 Å². The average molecular weight is 241 g/mol. The van der Waals surface area contributed by atoms with Crippen molar-refractivity contribution >= 4 is 17.7 Å². The largest absolute Gasteiger partial charge is 0.352 e. The number of carbonyl (C=O) groups is 1. The van der Waals surface area contributed by atoms with Crippen molar-refractivity contribution in [2.75, 3.05) is 12.0 Å². The molecule has 1 N–H and O–H groups in total. The number of amides is 1. The summed E-state index contributed by atoms with van der Waals surface area (Å²) in [6.45, 7) is 0.471. The fourth-order valence-corrected chi connectivity index (χ4v) is 1.70. The summed E-state index contributed by atoms with van der Waals surface area (Å²) in [5.74, 6) is 0.803. The van der Waals surface area contributed by atoms with Crippen molar-refractivity contribution < 1.29 is 9.18 Å². The zero-order valence-electron chi connectivity index (χ0n) is 9.33. The van der Waals surface area contributed by atoms with Crippen LogP contribution in [0.25, 0.3) is 0 Å². The fraction of sp³-hybridized carbons (Fsp3) is 0.417. The van der Waals surface area contributed by atoms with Gasteiger partial charge in [-0.15, -0.1) is 0 Å². The molecular formula is C12H16FNOS. The molecule has 0 bridgehead atoms. The normalized spacial score (nSPS) is 10.1. The first-order valence-electron chi connectivity index (χ1n) is 5.22. The number of halogens is 1. The minimum absolute atomic E-state index is 0.0541. The minimum Gasteiger partial charge on any atom is -0.352 e. The molecule has 0 unspecified atom stereocenters. The molecule has 0 aliphatic heterocycles. The van der Waals surface area contributed by atoms with Crippen LogP contribution < -0.4 is 5.32 Å². The van der Waals surface area contributed by atoms with E-state index in [4.69, 9.17) is 0 Å².